The molecule has 0 atom stereocenters. The highest BCUT2D eigenvalue weighted by atomic mass is 35.5. The third-order valence-electron chi connectivity index (χ3n) is 1.48. The van der Waals surface area contributed by atoms with Crippen molar-refractivity contribution in [3.05, 3.63) is 24.3 Å². The van der Waals surface area contributed by atoms with Gasteiger partial charge in [-0.05, 0) is 24.3 Å². The van der Waals surface area contributed by atoms with Gasteiger partial charge in [-0.2, -0.15) is 0 Å². The Morgan fingerprint density at radius 1 is 1.46 bits per heavy atom. The number of methoxy groups -OCH3 is 1. The predicted molar refractivity (Wildman–Crippen MR) is 55.0 cm³/mol. The second kappa shape index (κ2) is 4.72. The van der Waals surface area contributed by atoms with E-state index < -0.39 is 0 Å². The van der Waals surface area contributed by atoms with Gasteiger partial charge in [-0.3, -0.25) is 0 Å². The largest absolute Gasteiger partial charge is 0.497 e. The van der Waals surface area contributed by atoms with Gasteiger partial charge >= 0.3 is 0 Å². The fourth-order valence-electron chi connectivity index (χ4n) is 0.852. The van der Waals surface area contributed by atoms with E-state index in [-0.39, 0.29) is 5.88 Å². The first kappa shape index (κ1) is 9.86. The zero-order valence-electron chi connectivity index (χ0n) is 7.33. The molecule has 0 saturated heterocycles. The van der Waals surface area contributed by atoms with Gasteiger partial charge in [-0.15, -0.1) is 11.6 Å². The fraction of sp³-hybridized carbons (Fsp3) is 0.222. The molecule has 70 valence electrons. The van der Waals surface area contributed by atoms with Crippen LogP contribution in [0.4, 0.5) is 5.69 Å². The second-order valence-corrected chi connectivity index (χ2v) is 2.70. The molecular weight excluding hydrogens is 188 g/mol. The van der Waals surface area contributed by atoms with E-state index in [1.807, 2.05) is 24.3 Å². The van der Waals surface area contributed by atoms with Gasteiger partial charge < -0.3 is 10.5 Å². The van der Waals surface area contributed by atoms with Crippen LogP contribution < -0.4 is 10.5 Å². The first-order chi connectivity index (χ1) is 6.26. The van der Waals surface area contributed by atoms with Crippen molar-refractivity contribution in [1.29, 1.82) is 0 Å². The quantitative estimate of drug-likeness (QED) is 0.458. The Bertz CT molecular complexity index is 295. The zero-order valence-corrected chi connectivity index (χ0v) is 8.08. The maximum absolute atomic E-state index is 5.48. The number of alkyl halides is 1. The number of amidine groups is 1. The second-order valence-electron chi connectivity index (χ2n) is 2.43. The minimum atomic E-state index is 0.242. The standard InChI is InChI=1S/C9H11ClN2O/c1-13-8-4-2-7(3-5-8)12-9(11)6-10/h2-5H,6H2,1H3,(H2,11,12). The summed E-state index contributed by atoms with van der Waals surface area (Å²) in [6.07, 6.45) is 0. The molecule has 0 fully saturated rings. The van der Waals surface area contributed by atoms with Crippen LogP contribution in [0.5, 0.6) is 5.75 Å². The number of benzene rings is 1. The van der Waals surface area contributed by atoms with Crippen LogP contribution in [0.25, 0.3) is 0 Å². The molecule has 1 aromatic carbocycles. The normalized spacial score (nSPS) is 11.4. The van der Waals surface area contributed by atoms with Gasteiger partial charge in [-0.25, -0.2) is 4.99 Å². The van der Waals surface area contributed by atoms with Gasteiger partial charge in [0.25, 0.3) is 0 Å². The number of nitrogens with two attached hydrogens (primary N) is 1. The summed E-state index contributed by atoms with van der Waals surface area (Å²) >= 11 is 5.48. The van der Waals surface area contributed by atoms with Gasteiger partial charge in [-0.1, -0.05) is 0 Å². The Kier molecular flexibility index (Phi) is 3.58. The topological polar surface area (TPSA) is 47.6 Å². The number of halogens is 1. The third-order valence-corrected chi connectivity index (χ3v) is 1.76. The lowest BCUT2D eigenvalue weighted by atomic mass is 10.3. The highest BCUT2D eigenvalue weighted by molar-refractivity contribution is 6.28. The summed E-state index contributed by atoms with van der Waals surface area (Å²) in [7, 11) is 1.62. The summed E-state index contributed by atoms with van der Waals surface area (Å²) in [5.41, 5.74) is 6.24. The minimum Gasteiger partial charge on any atom is -0.497 e. The lowest BCUT2D eigenvalue weighted by Gasteiger charge is -1.99. The summed E-state index contributed by atoms with van der Waals surface area (Å²) in [6.45, 7) is 0. The van der Waals surface area contributed by atoms with Gasteiger partial charge in [0.15, 0.2) is 0 Å². The molecule has 4 heteroatoms. The van der Waals surface area contributed by atoms with Crippen molar-refractivity contribution < 1.29 is 4.74 Å². The number of aliphatic imine (C=N–C) groups is 1. The lowest BCUT2D eigenvalue weighted by molar-refractivity contribution is 0.415. The Labute approximate surface area is 82.2 Å². The highest BCUT2D eigenvalue weighted by Crippen LogP contribution is 2.17. The molecule has 0 heterocycles. The van der Waals surface area contributed by atoms with Crippen LogP contribution in [0.15, 0.2) is 29.3 Å². The van der Waals surface area contributed by atoms with Crippen molar-refractivity contribution in [2.24, 2.45) is 10.7 Å². The van der Waals surface area contributed by atoms with E-state index in [1.54, 1.807) is 7.11 Å². The highest BCUT2D eigenvalue weighted by Gasteiger charge is 1.93. The number of hydrogen-bond acceptors (Lipinski definition) is 2. The average molecular weight is 199 g/mol. The van der Waals surface area contributed by atoms with E-state index in [4.69, 9.17) is 22.1 Å². The summed E-state index contributed by atoms with van der Waals surface area (Å²) < 4.78 is 4.99. The van der Waals surface area contributed by atoms with Crippen LogP contribution in [0.1, 0.15) is 0 Å². The Balaban J connectivity index is 2.80. The average Bonchev–Trinajstić information content (AvgIpc) is 2.19. The summed E-state index contributed by atoms with van der Waals surface area (Å²) in [5, 5.41) is 0. The van der Waals surface area contributed by atoms with Gasteiger partial charge in [0.05, 0.1) is 18.7 Å². The first-order valence-corrected chi connectivity index (χ1v) is 4.32. The SMILES string of the molecule is COc1ccc(N=C(N)CCl)cc1. The molecule has 0 radical (unpaired) electrons. The van der Waals surface area contributed by atoms with Gasteiger partial charge in [0, 0.05) is 0 Å². The zero-order chi connectivity index (χ0) is 9.68. The maximum Gasteiger partial charge on any atom is 0.119 e. The van der Waals surface area contributed by atoms with E-state index >= 15 is 0 Å². The molecule has 0 aliphatic heterocycles. The number of ether oxygens (including phenoxy) is 1. The van der Waals surface area contributed by atoms with Crippen molar-refractivity contribution in [3.8, 4) is 5.75 Å². The molecule has 0 aliphatic carbocycles. The molecule has 0 bridgehead atoms. The molecule has 0 unspecified atom stereocenters. The molecule has 3 nitrogen and oxygen atoms in total. The van der Waals surface area contributed by atoms with Crippen LogP contribution in [0.3, 0.4) is 0 Å². The van der Waals surface area contributed by atoms with Crippen LogP contribution in [0.2, 0.25) is 0 Å². The summed E-state index contributed by atoms with van der Waals surface area (Å²) in [6, 6.07) is 7.27. The Morgan fingerprint density at radius 2 is 2.08 bits per heavy atom. The molecule has 0 saturated carbocycles. The molecule has 13 heavy (non-hydrogen) atoms. The van der Waals surface area contributed by atoms with Crippen molar-refractivity contribution in [1.82, 2.24) is 0 Å². The van der Waals surface area contributed by atoms with Crippen molar-refractivity contribution in [2.75, 3.05) is 13.0 Å². The van der Waals surface area contributed by atoms with Gasteiger partial charge in [0.1, 0.15) is 11.6 Å². The monoisotopic (exact) mass is 198 g/mol. The summed E-state index contributed by atoms with van der Waals surface area (Å²) in [4.78, 5) is 4.06. The number of nitrogens with zero attached hydrogens (tertiary/aromatic N) is 1. The summed E-state index contributed by atoms with van der Waals surface area (Å²) in [5.74, 6) is 1.45. The van der Waals surface area contributed by atoms with E-state index in [1.165, 1.54) is 0 Å². The Morgan fingerprint density at radius 3 is 2.54 bits per heavy atom. The molecule has 0 amide bonds. The van der Waals surface area contributed by atoms with Crippen molar-refractivity contribution in [2.45, 2.75) is 0 Å². The smallest absolute Gasteiger partial charge is 0.119 e. The Hall–Kier alpha value is -1.22. The van der Waals surface area contributed by atoms with E-state index in [9.17, 15) is 0 Å². The first-order valence-electron chi connectivity index (χ1n) is 3.79. The predicted octanol–water partition coefficient (Wildman–Crippen LogP) is 1.92. The van der Waals surface area contributed by atoms with Crippen LogP contribution >= 0.6 is 11.6 Å². The molecule has 1 rings (SSSR count). The number of hydrogen-bond donors (Lipinski definition) is 1. The molecule has 1 aromatic rings. The molecule has 0 aliphatic rings. The van der Waals surface area contributed by atoms with Crippen LogP contribution in [-0.2, 0) is 0 Å². The number of rotatable bonds is 3. The van der Waals surface area contributed by atoms with E-state index in [2.05, 4.69) is 4.99 Å². The molecular formula is C9H11ClN2O. The maximum atomic E-state index is 5.48. The van der Waals surface area contributed by atoms with Crippen molar-refractivity contribution >= 4 is 23.1 Å². The van der Waals surface area contributed by atoms with Crippen molar-refractivity contribution in [3.63, 3.8) is 0 Å². The van der Waals surface area contributed by atoms with E-state index in [0.717, 1.165) is 11.4 Å². The fourth-order valence-corrected chi connectivity index (χ4v) is 0.912. The third kappa shape index (κ3) is 2.95. The molecule has 2 N–H and O–H groups in total. The minimum absolute atomic E-state index is 0.242. The molecule has 0 aromatic heterocycles. The van der Waals surface area contributed by atoms with Crippen LogP contribution in [0, 0.1) is 0 Å². The molecule has 0 spiro atoms. The van der Waals surface area contributed by atoms with E-state index in [0.29, 0.717) is 5.84 Å². The van der Waals surface area contributed by atoms with Gasteiger partial charge in [0.2, 0.25) is 0 Å². The van der Waals surface area contributed by atoms with Crippen LogP contribution in [-0.4, -0.2) is 18.8 Å². The lowest BCUT2D eigenvalue weighted by Crippen LogP contribution is -2.12.